The van der Waals surface area contributed by atoms with Crippen LogP contribution in [-0.2, 0) is 0 Å². The summed E-state index contributed by atoms with van der Waals surface area (Å²) in [5, 5.41) is 9.69. The van der Waals surface area contributed by atoms with Crippen molar-refractivity contribution in [1.29, 1.82) is 0 Å². The third-order valence-corrected chi connectivity index (χ3v) is 4.22. The number of nitrogens with zero attached hydrogens (tertiary/aromatic N) is 1. The second kappa shape index (κ2) is 15.3. The largest absolute Gasteiger partial charge is 0.395 e. The van der Waals surface area contributed by atoms with Crippen molar-refractivity contribution in [2.45, 2.75) is 97.4 Å². The number of rotatable bonds is 15. The van der Waals surface area contributed by atoms with E-state index >= 15 is 0 Å². The highest BCUT2D eigenvalue weighted by molar-refractivity contribution is 4.71. The molecule has 0 heterocycles. The van der Waals surface area contributed by atoms with Crippen LogP contribution in [0.1, 0.15) is 91.4 Å². The molecule has 2 nitrogen and oxygen atoms in total. The van der Waals surface area contributed by atoms with Gasteiger partial charge in [-0.1, -0.05) is 72.1 Å². The van der Waals surface area contributed by atoms with Crippen LogP contribution in [0.5, 0.6) is 0 Å². The van der Waals surface area contributed by atoms with Crippen LogP contribution in [0.2, 0.25) is 0 Å². The van der Waals surface area contributed by atoms with Gasteiger partial charge >= 0.3 is 0 Å². The number of aliphatic hydroxyl groups excluding tert-OH is 1. The quantitative estimate of drug-likeness (QED) is 0.428. The van der Waals surface area contributed by atoms with Crippen LogP contribution >= 0.6 is 0 Å². The van der Waals surface area contributed by atoms with Gasteiger partial charge < -0.3 is 5.11 Å². The molecular weight excluding hydrogens is 246 g/mol. The van der Waals surface area contributed by atoms with Gasteiger partial charge in [-0.15, -0.1) is 0 Å². The van der Waals surface area contributed by atoms with E-state index in [9.17, 15) is 5.11 Å². The van der Waals surface area contributed by atoms with Gasteiger partial charge in [0.1, 0.15) is 0 Å². The third-order valence-electron chi connectivity index (χ3n) is 4.22. The molecule has 0 radical (unpaired) electrons. The van der Waals surface area contributed by atoms with E-state index < -0.39 is 0 Å². The molecule has 1 unspecified atom stereocenters. The highest BCUT2D eigenvalue weighted by Crippen LogP contribution is 2.13. The summed E-state index contributed by atoms with van der Waals surface area (Å²) in [6.07, 6.45) is 14.2. The van der Waals surface area contributed by atoms with Gasteiger partial charge in [0.05, 0.1) is 6.61 Å². The average Bonchev–Trinajstić information content (AvgIpc) is 2.47. The Hall–Kier alpha value is -0.0800. The molecule has 20 heavy (non-hydrogen) atoms. The zero-order valence-electron chi connectivity index (χ0n) is 14.4. The molecule has 0 aliphatic rings. The van der Waals surface area contributed by atoms with Gasteiger partial charge in [-0.2, -0.15) is 0 Å². The molecule has 2 heteroatoms. The minimum Gasteiger partial charge on any atom is -0.395 e. The second-order valence-corrected chi connectivity index (χ2v) is 6.14. The minimum atomic E-state index is 0.335. The summed E-state index contributed by atoms with van der Waals surface area (Å²) in [7, 11) is 0. The van der Waals surface area contributed by atoms with E-state index in [1.54, 1.807) is 0 Å². The smallest absolute Gasteiger partial charge is 0.0586 e. The Labute approximate surface area is 127 Å². The summed E-state index contributed by atoms with van der Waals surface area (Å²) >= 11 is 0. The highest BCUT2D eigenvalue weighted by atomic mass is 16.3. The lowest BCUT2D eigenvalue weighted by atomic mass is 10.1. The topological polar surface area (TPSA) is 23.5 Å². The van der Waals surface area contributed by atoms with Crippen molar-refractivity contribution in [2.24, 2.45) is 0 Å². The maximum atomic E-state index is 9.69. The maximum Gasteiger partial charge on any atom is 0.0586 e. The van der Waals surface area contributed by atoms with Crippen LogP contribution in [0.4, 0.5) is 0 Å². The van der Waals surface area contributed by atoms with E-state index in [-0.39, 0.29) is 0 Å². The summed E-state index contributed by atoms with van der Waals surface area (Å²) < 4.78 is 0. The van der Waals surface area contributed by atoms with E-state index in [4.69, 9.17) is 0 Å². The van der Waals surface area contributed by atoms with Crippen molar-refractivity contribution in [3.8, 4) is 0 Å². The monoisotopic (exact) mass is 285 g/mol. The Morgan fingerprint density at radius 3 is 1.60 bits per heavy atom. The van der Waals surface area contributed by atoms with Crippen molar-refractivity contribution in [3.05, 3.63) is 0 Å². The van der Waals surface area contributed by atoms with Crippen LogP contribution in [-0.4, -0.2) is 35.7 Å². The van der Waals surface area contributed by atoms with Crippen LogP contribution in [0, 0.1) is 0 Å². The molecule has 0 amide bonds. The molecule has 0 aromatic rings. The van der Waals surface area contributed by atoms with Gasteiger partial charge in [-0.25, -0.2) is 0 Å². The first kappa shape index (κ1) is 19.9. The Morgan fingerprint density at radius 2 is 1.20 bits per heavy atom. The summed E-state index contributed by atoms with van der Waals surface area (Å²) in [6.45, 7) is 9.46. The van der Waals surface area contributed by atoms with Gasteiger partial charge in [-0.05, 0) is 32.4 Å². The van der Waals surface area contributed by atoms with E-state index in [1.807, 2.05) is 0 Å². The lowest BCUT2D eigenvalue weighted by Crippen LogP contribution is -2.39. The summed E-state index contributed by atoms with van der Waals surface area (Å²) in [5.74, 6) is 0. The van der Waals surface area contributed by atoms with Crippen molar-refractivity contribution in [1.82, 2.24) is 4.90 Å². The number of hydrogen-bond acceptors (Lipinski definition) is 2. The molecule has 0 saturated carbocycles. The zero-order chi connectivity index (χ0) is 15.1. The molecule has 0 saturated heterocycles. The Bertz CT molecular complexity index is 172. The number of unbranched alkanes of at least 4 members (excludes halogenated alkanes) is 7. The summed E-state index contributed by atoms with van der Waals surface area (Å²) in [6, 6.07) is 0.401. The predicted molar refractivity (Wildman–Crippen MR) is 90.3 cm³/mol. The average molecular weight is 286 g/mol. The molecular formula is C18H39NO. The van der Waals surface area contributed by atoms with Crippen molar-refractivity contribution >= 4 is 0 Å². The molecule has 122 valence electrons. The first-order valence-electron chi connectivity index (χ1n) is 9.14. The molecule has 0 fully saturated rings. The Balaban J connectivity index is 4.11. The molecule has 0 spiro atoms. The molecule has 1 atom stereocenters. The van der Waals surface area contributed by atoms with Crippen LogP contribution in [0.15, 0.2) is 0 Å². The van der Waals surface area contributed by atoms with Crippen molar-refractivity contribution < 1.29 is 5.11 Å². The van der Waals surface area contributed by atoms with Gasteiger partial charge in [0.2, 0.25) is 0 Å². The summed E-state index contributed by atoms with van der Waals surface area (Å²) in [5.41, 5.74) is 0. The normalized spacial score (nSPS) is 13.1. The Kier molecular flexibility index (Phi) is 15.3. The van der Waals surface area contributed by atoms with Crippen LogP contribution in [0.25, 0.3) is 0 Å². The molecule has 0 aromatic heterocycles. The molecule has 0 aliphatic carbocycles. The van der Waals surface area contributed by atoms with E-state index in [0.29, 0.717) is 12.6 Å². The van der Waals surface area contributed by atoms with Crippen LogP contribution in [0.3, 0.4) is 0 Å². The number of aliphatic hydroxyl groups is 1. The molecule has 0 aromatic carbocycles. The van der Waals surface area contributed by atoms with Crippen molar-refractivity contribution in [3.63, 3.8) is 0 Å². The summed E-state index contributed by atoms with van der Waals surface area (Å²) in [4.78, 5) is 2.57. The van der Waals surface area contributed by atoms with E-state index in [0.717, 1.165) is 6.42 Å². The first-order chi connectivity index (χ1) is 9.79. The predicted octanol–water partition coefficient (Wildman–Crippen LogP) is 5.00. The second-order valence-electron chi connectivity index (χ2n) is 6.14. The standard InChI is InChI=1S/C18H39NO/c1-4-7-10-12-15-19(16-13-11-8-5-2)18(17-20)14-9-6-3/h18,20H,4-17H2,1-3H3. The fraction of sp³-hybridized carbons (Fsp3) is 1.00. The maximum absolute atomic E-state index is 9.69. The van der Waals surface area contributed by atoms with Gasteiger partial charge in [0.15, 0.2) is 0 Å². The molecule has 0 bridgehead atoms. The van der Waals surface area contributed by atoms with Crippen LogP contribution < -0.4 is 0 Å². The lowest BCUT2D eigenvalue weighted by Gasteiger charge is -2.30. The third kappa shape index (κ3) is 10.7. The molecule has 1 N–H and O–H groups in total. The van der Waals surface area contributed by atoms with Gasteiger partial charge in [0, 0.05) is 6.04 Å². The minimum absolute atomic E-state index is 0.335. The zero-order valence-corrected chi connectivity index (χ0v) is 14.4. The molecule has 0 rings (SSSR count). The van der Waals surface area contributed by atoms with Crippen molar-refractivity contribution in [2.75, 3.05) is 19.7 Å². The highest BCUT2D eigenvalue weighted by Gasteiger charge is 2.16. The van der Waals surface area contributed by atoms with E-state index in [1.165, 1.54) is 77.3 Å². The molecule has 0 aliphatic heterocycles. The Morgan fingerprint density at radius 1 is 0.700 bits per heavy atom. The first-order valence-corrected chi connectivity index (χ1v) is 9.14. The lowest BCUT2D eigenvalue weighted by molar-refractivity contribution is 0.110. The fourth-order valence-electron chi connectivity index (χ4n) is 2.79. The number of hydrogen-bond donors (Lipinski definition) is 1. The SMILES string of the molecule is CCCCCCN(CCCCCC)C(CO)CCCC. The van der Waals surface area contributed by atoms with E-state index in [2.05, 4.69) is 25.7 Å². The van der Waals surface area contributed by atoms with Gasteiger partial charge in [0.25, 0.3) is 0 Å². The van der Waals surface area contributed by atoms with Gasteiger partial charge in [-0.3, -0.25) is 4.90 Å². The fourth-order valence-corrected chi connectivity index (χ4v) is 2.79.